The molecule has 0 saturated carbocycles. The molecule has 10 nitrogen and oxygen atoms in total. The highest BCUT2D eigenvalue weighted by Crippen LogP contribution is 2.31. The third-order valence-corrected chi connectivity index (χ3v) is 5.92. The van der Waals surface area contributed by atoms with Crippen LogP contribution in [0.25, 0.3) is 23.0 Å². The van der Waals surface area contributed by atoms with Crippen LogP contribution in [0.5, 0.6) is 5.75 Å². The third kappa shape index (κ3) is 6.38. The first kappa shape index (κ1) is 27.1. The summed E-state index contributed by atoms with van der Waals surface area (Å²) in [5, 5.41) is 25.4. The van der Waals surface area contributed by atoms with Crippen molar-refractivity contribution >= 4 is 11.6 Å². The molecule has 2 aromatic heterocycles. The molecule has 0 bridgehead atoms. The highest BCUT2D eigenvalue weighted by atomic mass is 16.5. The molecule has 0 aliphatic rings. The van der Waals surface area contributed by atoms with Crippen LogP contribution in [0.1, 0.15) is 37.5 Å². The van der Waals surface area contributed by atoms with Gasteiger partial charge in [0.1, 0.15) is 30.8 Å². The van der Waals surface area contributed by atoms with Gasteiger partial charge in [-0.15, -0.1) is 0 Å². The van der Waals surface area contributed by atoms with Gasteiger partial charge in [0.15, 0.2) is 0 Å². The highest BCUT2D eigenvalue weighted by Gasteiger charge is 2.18. The van der Waals surface area contributed by atoms with E-state index in [9.17, 15) is 9.90 Å². The number of pyridine rings is 1. The van der Waals surface area contributed by atoms with Crippen molar-refractivity contribution in [2.75, 3.05) is 37.7 Å². The Labute approximate surface area is 211 Å². The van der Waals surface area contributed by atoms with E-state index in [0.717, 1.165) is 41.0 Å². The van der Waals surface area contributed by atoms with E-state index >= 15 is 0 Å². The zero-order valence-electron chi connectivity index (χ0n) is 21.5. The first-order chi connectivity index (χ1) is 17.3. The summed E-state index contributed by atoms with van der Waals surface area (Å²) in [4.78, 5) is 22.5. The van der Waals surface area contributed by atoms with Gasteiger partial charge in [-0.1, -0.05) is 12.1 Å². The molecule has 3 aromatic rings. The number of nitrogens with one attached hydrogen (secondary N) is 1. The van der Waals surface area contributed by atoms with Gasteiger partial charge in [-0.2, -0.15) is 4.98 Å². The Kier molecular flexibility index (Phi) is 9.38. The molecule has 1 amide bonds. The summed E-state index contributed by atoms with van der Waals surface area (Å²) in [5.74, 6) is 0.923. The molecule has 0 aliphatic heterocycles. The lowest BCUT2D eigenvalue weighted by Gasteiger charge is -2.22. The van der Waals surface area contributed by atoms with E-state index < -0.39 is 18.6 Å². The zero-order chi connectivity index (χ0) is 26.2. The van der Waals surface area contributed by atoms with Crippen molar-refractivity contribution in [3.63, 3.8) is 0 Å². The molecular weight excluding hydrogens is 462 g/mol. The minimum absolute atomic E-state index is 0.000237. The van der Waals surface area contributed by atoms with Crippen LogP contribution in [0.2, 0.25) is 0 Å². The van der Waals surface area contributed by atoms with Crippen molar-refractivity contribution in [2.45, 2.75) is 47.1 Å². The minimum Gasteiger partial charge on any atom is -0.490 e. The van der Waals surface area contributed by atoms with Crippen LogP contribution >= 0.6 is 0 Å². The predicted molar refractivity (Wildman–Crippen MR) is 137 cm³/mol. The van der Waals surface area contributed by atoms with Crippen molar-refractivity contribution in [2.24, 2.45) is 0 Å². The molecule has 0 saturated heterocycles. The van der Waals surface area contributed by atoms with Gasteiger partial charge in [0.25, 0.3) is 5.89 Å². The van der Waals surface area contributed by atoms with Crippen LogP contribution in [0.3, 0.4) is 0 Å². The fraction of sp³-hybridized carbons (Fsp3) is 0.462. The average Bonchev–Trinajstić information content (AvgIpc) is 3.38. The monoisotopic (exact) mass is 497 g/mol. The van der Waals surface area contributed by atoms with Crippen LogP contribution in [0.15, 0.2) is 28.9 Å². The number of hydrogen-bond acceptors (Lipinski definition) is 9. The van der Waals surface area contributed by atoms with Crippen LogP contribution in [0.4, 0.5) is 5.69 Å². The molecule has 0 radical (unpaired) electrons. The molecule has 0 unspecified atom stereocenters. The molecule has 3 N–H and O–H groups in total. The number of aliphatic hydroxyl groups is 2. The van der Waals surface area contributed by atoms with Gasteiger partial charge >= 0.3 is 0 Å². The van der Waals surface area contributed by atoms with Crippen LogP contribution in [-0.4, -0.2) is 70.2 Å². The van der Waals surface area contributed by atoms with E-state index in [0.29, 0.717) is 29.6 Å². The van der Waals surface area contributed by atoms with E-state index in [2.05, 4.69) is 39.2 Å². The van der Waals surface area contributed by atoms with Crippen molar-refractivity contribution in [3.8, 4) is 28.7 Å². The summed E-state index contributed by atoms with van der Waals surface area (Å²) < 4.78 is 11.4. The van der Waals surface area contributed by atoms with E-state index in [1.807, 2.05) is 45.2 Å². The lowest BCUT2D eigenvalue weighted by molar-refractivity contribution is -0.124. The van der Waals surface area contributed by atoms with E-state index in [1.54, 1.807) is 0 Å². The molecule has 1 aromatic carbocycles. The second kappa shape index (κ2) is 12.5. The number of amides is 1. The van der Waals surface area contributed by atoms with Crippen molar-refractivity contribution < 1.29 is 24.3 Å². The van der Waals surface area contributed by atoms with Gasteiger partial charge in [0.05, 0.1) is 11.9 Å². The molecular formula is C26H35N5O5. The number of ether oxygens (including phenoxy) is 1. The average molecular weight is 498 g/mol. The Morgan fingerprint density at radius 1 is 1.17 bits per heavy atom. The molecule has 3 rings (SSSR count). The van der Waals surface area contributed by atoms with Gasteiger partial charge in [-0.05, 0) is 69.0 Å². The Morgan fingerprint density at radius 3 is 2.56 bits per heavy atom. The molecule has 0 spiro atoms. The summed E-state index contributed by atoms with van der Waals surface area (Å²) in [6.45, 7) is 11.4. The maximum absolute atomic E-state index is 11.2. The van der Waals surface area contributed by atoms with Crippen LogP contribution in [-0.2, 0) is 11.2 Å². The minimum atomic E-state index is -0.909. The number of hydrogen-bond donors (Lipinski definition) is 3. The van der Waals surface area contributed by atoms with E-state index in [-0.39, 0.29) is 13.2 Å². The second-order valence-electron chi connectivity index (χ2n) is 8.51. The number of aromatic nitrogens is 3. The standard InChI is InChI=1S/C26H35N5O5/c1-6-18-11-19(9-17(5)24(18)35-15-20(33)12-28-23(34)14-32)25-29-26(36-30-25)21-10-16(4)22(13-27-21)31(7-2)8-3/h9-11,13,20,32-33H,6-8,12,14-15H2,1-5H3,(H,28,34)/t20-/m0/s1. The fourth-order valence-corrected chi connectivity index (χ4v) is 3.98. The summed E-state index contributed by atoms with van der Waals surface area (Å²) in [7, 11) is 0. The summed E-state index contributed by atoms with van der Waals surface area (Å²) in [6, 6.07) is 5.81. The number of nitrogens with zero attached hydrogens (tertiary/aromatic N) is 4. The maximum atomic E-state index is 11.2. The summed E-state index contributed by atoms with van der Waals surface area (Å²) in [5.41, 5.74) is 5.38. The summed E-state index contributed by atoms with van der Waals surface area (Å²) in [6.07, 6.45) is 1.63. The molecule has 1 atom stereocenters. The predicted octanol–water partition coefficient (Wildman–Crippen LogP) is 2.67. The number of benzene rings is 1. The SMILES string of the molecule is CCc1cc(-c2noc(-c3cc(C)c(N(CC)CC)cn3)n2)cc(C)c1OC[C@@H](O)CNC(=O)CO. The number of aryl methyl sites for hydroxylation is 3. The maximum Gasteiger partial charge on any atom is 0.276 e. The molecule has 2 heterocycles. The number of rotatable bonds is 12. The molecule has 36 heavy (non-hydrogen) atoms. The second-order valence-corrected chi connectivity index (χ2v) is 8.51. The van der Waals surface area contributed by atoms with Crippen LogP contribution < -0.4 is 15.0 Å². The number of anilines is 1. The molecule has 194 valence electrons. The molecule has 0 aliphatic carbocycles. The number of aliphatic hydroxyl groups excluding tert-OH is 2. The smallest absolute Gasteiger partial charge is 0.276 e. The normalized spacial score (nSPS) is 11.9. The van der Waals surface area contributed by atoms with Gasteiger partial charge in [0, 0.05) is 25.2 Å². The van der Waals surface area contributed by atoms with Crippen molar-refractivity contribution in [1.29, 1.82) is 0 Å². The Hall–Kier alpha value is -3.50. The van der Waals surface area contributed by atoms with Crippen molar-refractivity contribution in [3.05, 3.63) is 41.1 Å². The van der Waals surface area contributed by atoms with Gasteiger partial charge in [-0.3, -0.25) is 4.79 Å². The fourth-order valence-electron chi connectivity index (χ4n) is 3.98. The highest BCUT2D eigenvalue weighted by molar-refractivity contribution is 5.76. The lowest BCUT2D eigenvalue weighted by atomic mass is 10.0. The van der Waals surface area contributed by atoms with Gasteiger partial charge in [0.2, 0.25) is 11.7 Å². The van der Waals surface area contributed by atoms with E-state index in [4.69, 9.17) is 14.4 Å². The van der Waals surface area contributed by atoms with E-state index in [1.165, 1.54) is 0 Å². The number of carbonyl (C=O) groups is 1. The third-order valence-electron chi connectivity index (χ3n) is 5.92. The number of carbonyl (C=O) groups excluding carboxylic acids is 1. The lowest BCUT2D eigenvalue weighted by Crippen LogP contribution is -2.36. The quantitative estimate of drug-likeness (QED) is 0.345. The first-order valence-electron chi connectivity index (χ1n) is 12.2. The Balaban J connectivity index is 1.78. The Morgan fingerprint density at radius 2 is 1.92 bits per heavy atom. The van der Waals surface area contributed by atoms with Crippen LogP contribution in [0, 0.1) is 13.8 Å². The van der Waals surface area contributed by atoms with Gasteiger partial charge in [-0.25, -0.2) is 4.98 Å². The molecule has 0 fully saturated rings. The van der Waals surface area contributed by atoms with Gasteiger partial charge < -0.3 is 29.7 Å². The molecule has 10 heteroatoms. The topological polar surface area (TPSA) is 134 Å². The van der Waals surface area contributed by atoms with Crippen molar-refractivity contribution in [1.82, 2.24) is 20.4 Å². The Bertz CT molecular complexity index is 1180. The first-order valence-corrected chi connectivity index (χ1v) is 12.2. The largest absolute Gasteiger partial charge is 0.490 e. The zero-order valence-corrected chi connectivity index (χ0v) is 21.5. The summed E-state index contributed by atoms with van der Waals surface area (Å²) >= 11 is 0.